The van der Waals surface area contributed by atoms with Gasteiger partial charge in [0.05, 0.1) is 7.11 Å². The SMILES string of the molecule is CCSCCC(CNC1CC1)Cc1ccc(OC)cc1. The van der Waals surface area contributed by atoms with Gasteiger partial charge in [0.1, 0.15) is 5.75 Å². The maximum absolute atomic E-state index is 5.23. The Morgan fingerprint density at radius 2 is 2.05 bits per heavy atom. The molecule has 1 aromatic rings. The first kappa shape index (κ1) is 15.7. The Morgan fingerprint density at radius 3 is 2.65 bits per heavy atom. The molecule has 0 bridgehead atoms. The zero-order valence-electron chi connectivity index (χ0n) is 12.7. The lowest BCUT2D eigenvalue weighted by Crippen LogP contribution is -2.26. The summed E-state index contributed by atoms with van der Waals surface area (Å²) in [5.74, 6) is 4.21. The Bertz CT molecular complexity index is 375. The summed E-state index contributed by atoms with van der Waals surface area (Å²) in [6, 6.07) is 9.36. The molecule has 1 aromatic carbocycles. The van der Waals surface area contributed by atoms with Crippen molar-refractivity contribution in [1.29, 1.82) is 0 Å². The van der Waals surface area contributed by atoms with Crippen LogP contribution in [0.15, 0.2) is 24.3 Å². The largest absolute Gasteiger partial charge is 0.497 e. The topological polar surface area (TPSA) is 21.3 Å². The van der Waals surface area contributed by atoms with E-state index in [0.717, 1.165) is 17.7 Å². The number of thioether (sulfide) groups is 1. The highest BCUT2D eigenvalue weighted by atomic mass is 32.2. The summed E-state index contributed by atoms with van der Waals surface area (Å²) in [5.41, 5.74) is 1.43. The lowest BCUT2D eigenvalue weighted by Gasteiger charge is -2.18. The third-order valence-corrected chi connectivity index (χ3v) is 4.76. The Hall–Kier alpha value is -0.670. The van der Waals surface area contributed by atoms with Crippen LogP contribution in [0, 0.1) is 5.92 Å². The molecule has 2 rings (SSSR count). The van der Waals surface area contributed by atoms with Crippen molar-refractivity contribution in [2.45, 2.75) is 38.6 Å². The molecule has 3 heteroatoms. The molecule has 2 nitrogen and oxygen atoms in total. The van der Waals surface area contributed by atoms with Gasteiger partial charge < -0.3 is 10.1 Å². The molecular weight excluding hydrogens is 266 g/mol. The van der Waals surface area contributed by atoms with Gasteiger partial charge in [-0.3, -0.25) is 0 Å². The Balaban J connectivity index is 1.82. The summed E-state index contributed by atoms with van der Waals surface area (Å²) in [6.45, 7) is 3.41. The lowest BCUT2D eigenvalue weighted by molar-refractivity contribution is 0.414. The van der Waals surface area contributed by atoms with Gasteiger partial charge in [0.25, 0.3) is 0 Å². The van der Waals surface area contributed by atoms with Crippen LogP contribution in [-0.4, -0.2) is 31.2 Å². The smallest absolute Gasteiger partial charge is 0.118 e. The first-order valence-corrected chi connectivity index (χ1v) is 8.91. The summed E-state index contributed by atoms with van der Waals surface area (Å²) in [6.07, 6.45) is 5.23. The van der Waals surface area contributed by atoms with E-state index in [1.54, 1.807) is 7.11 Å². The van der Waals surface area contributed by atoms with E-state index in [2.05, 4.69) is 48.3 Å². The molecule has 1 saturated carbocycles. The monoisotopic (exact) mass is 293 g/mol. The third-order valence-electron chi connectivity index (χ3n) is 3.83. The summed E-state index contributed by atoms with van der Waals surface area (Å²) in [4.78, 5) is 0. The van der Waals surface area contributed by atoms with Crippen LogP contribution < -0.4 is 10.1 Å². The van der Waals surface area contributed by atoms with Crippen LogP contribution in [0.1, 0.15) is 31.7 Å². The van der Waals surface area contributed by atoms with Gasteiger partial charge in [-0.05, 0) is 67.3 Å². The highest BCUT2D eigenvalue weighted by Gasteiger charge is 2.21. The van der Waals surface area contributed by atoms with E-state index in [4.69, 9.17) is 4.74 Å². The standard InChI is InChI=1S/C17H27NOS/c1-3-20-11-10-15(13-18-16-6-7-16)12-14-4-8-17(19-2)9-5-14/h4-5,8-9,15-16,18H,3,6-7,10-13H2,1-2H3. The molecular formula is C17H27NOS. The van der Waals surface area contributed by atoms with Crippen molar-refractivity contribution >= 4 is 11.8 Å². The van der Waals surface area contributed by atoms with Crippen molar-refractivity contribution in [2.24, 2.45) is 5.92 Å². The van der Waals surface area contributed by atoms with E-state index >= 15 is 0 Å². The summed E-state index contributed by atoms with van der Waals surface area (Å²) >= 11 is 2.06. The minimum absolute atomic E-state index is 0.753. The number of methoxy groups -OCH3 is 1. The quantitative estimate of drug-likeness (QED) is 0.664. The van der Waals surface area contributed by atoms with Gasteiger partial charge in [-0.15, -0.1) is 0 Å². The molecule has 1 unspecified atom stereocenters. The lowest BCUT2D eigenvalue weighted by atomic mass is 9.96. The van der Waals surface area contributed by atoms with Crippen molar-refractivity contribution in [3.63, 3.8) is 0 Å². The second kappa shape index (κ2) is 8.58. The summed E-state index contributed by atoms with van der Waals surface area (Å²) < 4.78 is 5.23. The molecule has 1 aliphatic carbocycles. The maximum Gasteiger partial charge on any atom is 0.118 e. The highest BCUT2D eigenvalue weighted by molar-refractivity contribution is 7.99. The summed E-state index contributed by atoms with van der Waals surface area (Å²) in [5, 5.41) is 3.69. The Morgan fingerprint density at radius 1 is 1.30 bits per heavy atom. The number of ether oxygens (including phenoxy) is 1. The predicted octanol–water partition coefficient (Wildman–Crippen LogP) is 3.75. The maximum atomic E-state index is 5.23. The number of rotatable bonds is 10. The zero-order valence-corrected chi connectivity index (χ0v) is 13.5. The number of hydrogen-bond acceptors (Lipinski definition) is 3. The molecule has 112 valence electrons. The molecule has 0 amide bonds. The van der Waals surface area contributed by atoms with Gasteiger partial charge in [-0.25, -0.2) is 0 Å². The van der Waals surface area contributed by atoms with Crippen LogP contribution in [0.3, 0.4) is 0 Å². The van der Waals surface area contributed by atoms with E-state index < -0.39 is 0 Å². The fourth-order valence-corrected chi connectivity index (χ4v) is 3.18. The van der Waals surface area contributed by atoms with Gasteiger partial charge in [0.2, 0.25) is 0 Å². The van der Waals surface area contributed by atoms with E-state index in [1.165, 1.54) is 49.3 Å². The van der Waals surface area contributed by atoms with Crippen molar-refractivity contribution < 1.29 is 4.74 Å². The van der Waals surface area contributed by atoms with Gasteiger partial charge in [-0.2, -0.15) is 11.8 Å². The molecule has 1 aliphatic rings. The second-order valence-electron chi connectivity index (χ2n) is 5.59. The molecule has 0 radical (unpaired) electrons. The highest BCUT2D eigenvalue weighted by Crippen LogP contribution is 2.22. The Kier molecular flexibility index (Phi) is 6.74. The number of benzene rings is 1. The minimum atomic E-state index is 0.753. The van der Waals surface area contributed by atoms with E-state index in [9.17, 15) is 0 Å². The summed E-state index contributed by atoms with van der Waals surface area (Å²) in [7, 11) is 1.72. The fraction of sp³-hybridized carbons (Fsp3) is 0.647. The average Bonchev–Trinajstić information content (AvgIpc) is 3.30. The molecule has 0 aromatic heterocycles. The zero-order chi connectivity index (χ0) is 14.2. The first-order chi connectivity index (χ1) is 9.81. The minimum Gasteiger partial charge on any atom is -0.497 e. The molecule has 1 N–H and O–H groups in total. The number of nitrogens with one attached hydrogen (secondary N) is 1. The number of hydrogen-bond donors (Lipinski definition) is 1. The van der Waals surface area contributed by atoms with Crippen molar-refractivity contribution in [1.82, 2.24) is 5.32 Å². The third kappa shape index (κ3) is 5.76. The van der Waals surface area contributed by atoms with Crippen molar-refractivity contribution in [3.05, 3.63) is 29.8 Å². The molecule has 1 fully saturated rings. The molecule has 0 saturated heterocycles. The van der Waals surface area contributed by atoms with Gasteiger partial charge in [0, 0.05) is 6.04 Å². The average molecular weight is 293 g/mol. The van der Waals surface area contributed by atoms with Crippen LogP contribution >= 0.6 is 11.8 Å². The van der Waals surface area contributed by atoms with E-state index in [-0.39, 0.29) is 0 Å². The molecule has 20 heavy (non-hydrogen) atoms. The molecule has 0 aliphatic heterocycles. The van der Waals surface area contributed by atoms with Crippen LogP contribution in [-0.2, 0) is 6.42 Å². The van der Waals surface area contributed by atoms with Crippen LogP contribution in [0.25, 0.3) is 0 Å². The molecule has 0 spiro atoms. The van der Waals surface area contributed by atoms with Gasteiger partial charge in [-0.1, -0.05) is 19.1 Å². The van der Waals surface area contributed by atoms with E-state index in [1.807, 2.05) is 0 Å². The van der Waals surface area contributed by atoms with Crippen LogP contribution in [0.4, 0.5) is 0 Å². The fourth-order valence-electron chi connectivity index (χ4n) is 2.39. The normalized spacial score (nSPS) is 16.1. The molecule has 1 atom stereocenters. The first-order valence-electron chi connectivity index (χ1n) is 7.76. The second-order valence-corrected chi connectivity index (χ2v) is 6.98. The van der Waals surface area contributed by atoms with Crippen molar-refractivity contribution in [2.75, 3.05) is 25.2 Å². The Labute approximate surface area is 127 Å². The van der Waals surface area contributed by atoms with Gasteiger partial charge >= 0.3 is 0 Å². The van der Waals surface area contributed by atoms with Gasteiger partial charge in [0.15, 0.2) is 0 Å². The van der Waals surface area contributed by atoms with E-state index in [0.29, 0.717) is 0 Å². The molecule has 0 heterocycles. The predicted molar refractivity (Wildman–Crippen MR) is 88.8 cm³/mol. The van der Waals surface area contributed by atoms with Crippen LogP contribution in [0.2, 0.25) is 0 Å². The van der Waals surface area contributed by atoms with Crippen molar-refractivity contribution in [3.8, 4) is 5.75 Å². The van der Waals surface area contributed by atoms with Crippen LogP contribution in [0.5, 0.6) is 5.75 Å².